The lowest BCUT2D eigenvalue weighted by molar-refractivity contribution is 0.241. The highest BCUT2D eigenvalue weighted by Crippen LogP contribution is 2.29. The third-order valence-corrected chi connectivity index (χ3v) is 5.02. The number of hydrogen-bond donors (Lipinski definition) is 0. The minimum absolute atomic E-state index is 0.863. The van der Waals surface area contributed by atoms with Crippen LogP contribution < -0.4 is 4.90 Å². The topological polar surface area (TPSA) is 50.1 Å². The van der Waals surface area contributed by atoms with Gasteiger partial charge < -0.3 is 9.47 Å². The molecule has 114 valence electrons. The van der Waals surface area contributed by atoms with Crippen LogP contribution in [0.25, 0.3) is 10.1 Å². The van der Waals surface area contributed by atoms with Gasteiger partial charge in [-0.25, -0.2) is 0 Å². The van der Waals surface area contributed by atoms with Crippen molar-refractivity contribution in [2.45, 2.75) is 6.54 Å². The van der Waals surface area contributed by atoms with Crippen LogP contribution in [-0.2, 0) is 13.6 Å². The molecule has 0 saturated carbocycles. The van der Waals surface area contributed by atoms with E-state index < -0.39 is 0 Å². The van der Waals surface area contributed by atoms with E-state index in [2.05, 4.69) is 48.6 Å². The highest BCUT2D eigenvalue weighted by Gasteiger charge is 2.21. The van der Waals surface area contributed by atoms with Crippen LogP contribution >= 0.6 is 11.5 Å². The summed E-state index contributed by atoms with van der Waals surface area (Å²) >= 11 is 1.59. The molecule has 0 spiro atoms. The fourth-order valence-corrected chi connectivity index (χ4v) is 3.66. The summed E-state index contributed by atoms with van der Waals surface area (Å²) in [7, 11) is 1.99. The second-order valence-corrected chi connectivity index (χ2v) is 6.43. The first kappa shape index (κ1) is 13.7. The third-order valence-electron chi connectivity index (χ3n) is 4.20. The number of anilines is 1. The maximum absolute atomic E-state index is 4.66. The van der Waals surface area contributed by atoms with Crippen molar-refractivity contribution in [3.63, 3.8) is 0 Å². The van der Waals surface area contributed by atoms with Gasteiger partial charge in [0.2, 0.25) is 0 Å². The van der Waals surface area contributed by atoms with Crippen molar-refractivity contribution < 1.29 is 0 Å². The first-order valence-corrected chi connectivity index (χ1v) is 8.23. The van der Waals surface area contributed by atoms with Crippen LogP contribution in [0.4, 0.5) is 5.82 Å². The molecule has 1 saturated heterocycles. The van der Waals surface area contributed by atoms with E-state index in [1.807, 2.05) is 11.6 Å². The van der Waals surface area contributed by atoms with Crippen LogP contribution in [0.5, 0.6) is 0 Å². The predicted octanol–water partition coefficient (Wildman–Crippen LogP) is 1.75. The lowest BCUT2D eigenvalue weighted by atomic mass is 10.2. The molecule has 0 bridgehead atoms. The summed E-state index contributed by atoms with van der Waals surface area (Å²) in [6.07, 6.45) is 1.76. The van der Waals surface area contributed by atoms with Gasteiger partial charge in [-0.3, -0.25) is 4.90 Å². The minimum Gasteiger partial charge on any atom is -0.353 e. The fraction of sp³-hybridized carbons (Fsp3) is 0.400. The van der Waals surface area contributed by atoms with Gasteiger partial charge in [0.25, 0.3) is 0 Å². The molecule has 1 aliphatic heterocycles. The second-order valence-electron chi connectivity index (χ2n) is 5.62. The summed E-state index contributed by atoms with van der Waals surface area (Å²) < 4.78 is 7.91. The normalized spacial score (nSPS) is 16.5. The average Bonchev–Trinajstić information content (AvgIpc) is 3.15. The SMILES string of the molecule is Cn1cnnc1CN1CCN(c2nsc3ccccc23)CC1. The molecule has 1 aliphatic rings. The Labute approximate surface area is 133 Å². The molecule has 0 N–H and O–H groups in total. The first-order valence-electron chi connectivity index (χ1n) is 7.46. The van der Waals surface area contributed by atoms with Gasteiger partial charge in [-0.15, -0.1) is 10.2 Å². The lowest BCUT2D eigenvalue weighted by Crippen LogP contribution is -2.46. The molecule has 1 fully saturated rings. The monoisotopic (exact) mass is 314 g/mol. The van der Waals surface area contributed by atoms with Crippen molar-refractivity contribution >= 4 is 27.4 Å². The zero-order valence-electron chi connectivity index (χ0n) is 12.5. The smallest absolute Gasteiger partial charge is 0.150 e. The Morgan fingerprint density at radius 2 is 1.95 bits per heavy atom. The molecule has 1 aromatic carbocycles. The predicted molar refractivity (Wildman–Crippen MR) is 88.1 cm³/mol. The number of piperazine rings is 1. The number of rotatable bonds is 3. The van der Waals surface area contributed by atoms with E-state index in [1.165, 1.54) is 10.1 Å². The quantitative estimate of drug-likeness (QED) is 0.737. The van der Waals surface area contributed by atoms with Crippen LogP contribution in [0.3, 0.4) is 0 Å². The van der Waals surface area contributed by atoms with E-state index in [0.717, 1.165) is 44.4 Å². The van der Waals surface area contributed by atoms with Crippen molar-refractivity contribution in [2.24, 2.45) is 7.05 Å². The van der Waals surface area contributed by atoms with Gasteiger partial charge in [0.05, 0.1) is 11.2 Å². The Balaban J connectivity index is 1.44. The van der Waals surface area contributed by atoms with Gasteiger partial charge in [0.1, 0.15) is 18.0 Å². The fourth-order valence-electron chi connectivity index (χ4n) is 2.87. The Hall–Kier alpha value is -1.99. The molecule has 6 nitrogen and oxygen atoms in total. The first-order chi connectivity index (χ1) is 10.8. The van der Waals surface area contributed by atoms with Crippen molar-refractivity contribution in [3.05, 3.63) is 36.4 Å². The Bertz CT molecular complexity index is 771. The summed E-state index contributed by atoms with van der Waals surface area (Å²) in [6, 6.07) is 8.47. The van der Waals surface area contributed by atoms with E-state index in [4.69, 9.17) is 0 Å². The van der Waals surface area contributed by atoms with Crippen molar-refractivity contribution in [1.82, 2.24) is 24.0 Å². The maximum atomic E-state index is 4.66. The van der Waals surface area contributed by atoms with Gasteiger partial charge in [-0.2, -0.15) is 4.37 Å². The summed E-state index contributed by atoms with van der Waals surface area (Å²) in [4.78, 5) is 4.82. The summed E-state index contributed by atoms with van der Waals surface area (Å²) in [5.74, 6) is 2.16. The molecule has 0 atom stereocenters. The van der Waals surface area contributed by atoms with E-state index in [0.29, 0.717) is 0 Å². The Kier molecular flexibility index (Phi) is 3.51. The molecule has 3 aromatic rings. The van der Waals surface area contributed by atoms with E-state index in [-0.39, 0.29) is 0 Å². The van der Waals surface area contributed by atoms with E-state index in [1.54, 1.807) is 17.9 Å². The molecule has 7 heteroatoms. The van der Waals surface area contributed by atoms with Crippen molar-refractivity contribution in [1.29, 1.82) is 0 Å². The van der Waals surface area contributed by atoms with E-state index in [9.17, 15) is 0 Å². The van der Waals surface area contributed by atoms with Gasteiger partial charge in [-0.1, -0.05) is 12.1 Å². The van der Waals surface area contributed by atoms with Crippen LogP contribution in [-0.4, -0.2) is 50.2 Å². The van der Waals surface area contributed by atoms with Crippen LogP contribution in [0.1, 0.15) is 5.82 Å². The molecular weight excluding hydrogens is 296 g/mol. The highest BCUT2D eigenvalue weighted by molar-refractivity contribution is 7.13. The second kappa shape index (κ2) is 5.66. The summed E-state index contributed by atoms with van der Waals surface area (Å²) in [5.41, 5.74) is 0. The largest absolute Gasteiger partial charge is 0.353 e. The Morgan fingerprint density at radius 3 is 2.73 bits per heavy atom. The molecule has 2 aromatic heterocycles. The number of nitrogens with zero attached hydrogens (tertiary/aromatic N) is 6. The number of aromatic nitrogens is 4. The standard InChI is InChI=1S/C15H18N6S/c1-19-11-16-17-14(19)10-20-6-8-21(9-7-20)15-12-4-2-3-5-13(12)22-18-15/h2-5,11H,6-10H2,1H3. The number of benzene rings is 1. The lowest BCUT2D eigenvalue weighted by Gasteiger charge is -2.34. The third kappa shape index (κ3) is 2.46. The van der Waals surface area contributed by atoms with Gasteiger partial charge in [0.15, 0.2) is 0 Å². The minimum atomic E-state index is 0.863. The Morgan fingerprint density at radius 1 is 1.14 bits per heavy atom. The highest BCUT2D eigenvalue weighted by atomic mass is 32.1. The summed E-state index contributed by atoms with van der Waals surface area (Å²) in [6.45, 7) is 4.93. The molecule has 4 rings (SSSR count). The average molecular weight is 314 g/mol. The molecule has 0 unspecified atom stereocenters. The van der Waals surface area contributed by atoms with Crippen LogP contribution in [0.15, 0.2) is 30.6 Å². The van der Waals surface area contributed by atoms with Gasteiger partial charge in [-0.05, 0) is 23.7 Å². The number of fused-ring (bicyclic) bond motifs is 1. The number of hydrogen-bond acceptors (Lipinski definition) is 6. The molecule has 3 heterocycles. The summed E-state index contributed by atoms with van der Waals surface area (Å²) in [5, 5.41) is 9.38. The van der Waals surface area contributed by atoms with Crippen LogP contribution in [0, 0.1) is 0 Å². The molecule has 0 radical (unpaired) electrons. The van der Waals surface area contributed by atoms with Crippen LogP contribution in [0.2, 0.25) is 0 Å². The van der Waals surface area contributed by atoms with Gasteiger partial charge in [0, 0.05) is 38.6 Å². The van der Waals surface area contributed by atoms with Gasteiger partial charge >= 0.3 is 0 Å². The molecule has 0 amide bonds. The number of aryl methyl sites for hydroxylation is 1. The zero-order chi connectivity index (χ0) is 14.9. The zero-order valence-corrected chi connectivity index (χ0v) is 13.3. The molecular formula is C15H18N6S. The molecule has 22 heavy (non-hydrogen) atoms. The maximum Gasteiger partial charge on any atom is 0.150 e. The van der Waals surface area contributed by atoms with Crippen molar-refractivity contribution in [2.75, 3.05) is 31.1 Å². The van der Waals surface area contributed by atoms with E-state index >= 15 is 0 Å². The van der Waals surface area contributed by atoms with Crippen molar-refractivity contribution in [3.8, 4) is 0 Å². The molecule has 0 aliphatic carbocycles.